The van der Waals surface area contributed by atoms with Gasteiger partial charge in [0.2, 0.25) is 20.0 Å². The highest BCUT2D eigenvalue weighted by atomic mass is 32.2. The van der Waals surface area contributed by atoms with Crippen molar-refractivity contribution in [1.29, 1.82) is 0 Å². The van der Waals surface area contributed by atoms with E-state index < -0.39 is 86.9 Å². The van der Waals surface area contributed by atoms with Gasteiger partial charge in [-0.05, 0) is 24.3 Å². The lowest BCUT2D eigenvalue weighted by Gasteiger charge is -2.49. The van der Waals surface area contributed by atoms with Crippen LogP contribution >= 0.6 is 0 Å². The second-order valence-corrected chi connectivity index (χ2v) is 18.1. The fourth-order valence-corrected chi connectivity index (χ4v) is 14.3. The maximum Gasteiger partial charge on any atom is 0.247 e. The summed E-state index contributed by atoms with van der Waals surface area (Å²) < 4.78 is 132. The quantitative estimate of drug-likeness (QED) is 0.361. The largest absolute Gasteiger partial charge is 0.497 e. The van der Waals surface area contributed by atoms with E-state index in [9.17, 15) is 33.7 Å². The smallest absolute Gasteiger partial charge is 0.247 e. The standard InChI is InChI=1S/C24H30N2O12S4/c1-35-15-5-7-23(21(9-15)37-3)41(31,32)25-17-11-39(27,28)13-19(17)26(20-14-40(29,30)12-18(20)25)42(33,34)24-8-6-16(36-2)10-22(24)38-4/h5-10,17-20H,11-14H2,1-4H3/t17-,18+,19+,20-. The predicted molar refractivity (Wildman–Crippen MR) is 150 cm³/mol. The first-order valence-corrected chi connectivity index (χ1v) is 19.0. The minimum atomic E-state index is -4.63. The monoisotopic (exact) mass is 666 g/mol. The van der Waals surface area contributed by atoms with Crippen molar-refractivity contribution >= 4 is 39.7 Å². The SMILES string of the molecule is COc1ccc(S(=O)(=O)N2[C@@H]3CS(=O)(=O)C[C@@H]3N(S(=O)(=O)c3ccc(OC)cc3OC)[C@@H]3CS(=O)(=O)C[C@@H]32)c(OC)c1. The molecule has 3 saturated heterocycles. The third-order valence-electron chi connectivity index (χ3n) is 7.75. The first kappa shape index (κ1) is 30.8. The molecule has 4 atom stereocenters. The number of hydrogen-bond acceptors (Lipinski definition) is 12. The summed E-state index contributed by atoms with van der Waals surface area (Å²) in [6, 6.07) is 2.17. The van der Waals surface area contributed by atoms with E-state index in [1.54, 1.807) is 0 Å². The van der Waals surface area contributed by atoms with Crippen LogP contribution in [0.25, 0.3) is 0 Å². The van der Waals surface area contributed by atoms with Crippen molar-refractivity contribution < 1.29 is 52.6 Å². The summed E-state index contributed by atoms with van der Waals surface area (Å²) in [5, 5.41) is 0. The molecule has 14 nitrogen and oxygen atoms in total. The first-order valence-electron chi connectivity index (χ1n) is 12.5. The molecule has 2 aromatic carbocycles. The Bertz CT molecular complexity index is 1670. The molecular weight excluding hydrogens is 637 g/mol. The van der Waals surface area contributed by atoms with Crippen LogP contribution in [-0.2, 0) is 39.7 Å². The molecule has 42 heavy (non-hydrogen) atoms. The molecule has 3 fully saturated rings. The molecule has 232 valence electrons. The molecule has 3 aliphatic heterocycles. The van der Waals surface area contributed by atoms with Crippen molar-refractivity contribution in [2.24, 2.45) is 0 Å². The molecule has 3 heterocycles. The minimum Gasteiger partial charge on any atom is -0.497 e. The molecule has 5 rings (SSSR count). The van der Waals surface area contributed by atoms with Gasteiger partial charge in [-0.15, -0.1) is 0 Å². The Morgan fingerprint density at radius 1 is 0.571 bits per heavy atom. The molecule has 0 bridgehead atoms. The lowest BCUT2D eigenvalue weighted by Crippen LogP contribution is -2.69. The highest BCUT2D eigenvalue weighted by molar-refractivity contribution is 7.93. The summed E-state index contributed by atoms with van der Waals surface area (Å²) in [5.74, 6) is -2.45. The Labute approximate surface area is 245 Å². The number of sulfonamides is 2. The molecule has 18 heteroatoms. The van der Waals surface area contributed by atoms with Gasteiger partial charge in [-0.3, -0.25) is 0 Å². The third kappa shape index (κ3) is 5.00. The van der Waals surface area contributed by atoms with Crippen molar-refractivity contribution in [3.63, 3.8) is 0 Å². The van der Waals surface area contributed by atoms with Crippen LogP contribution in [0.15, 0.2) is 46.2 Å². The van der Waals surface area contributed by atoms with Gasteiger partial charge in [0.15, 0.2) is 19.7 Å². The van der Waals surface area contributed by atoms with E-state index in [2.05, 4.69) is 0 Å². The van der Waals surface area contributed by atoms with Crippen molar-refractivity contribution in [3.8, 4) is 23.0 Å². The molecule has 0 aromatic heterocycles. The van der Waals surface area contributed by atoms with Gasteiger partial charge in [0, 0.05) is 12.1 Å². The Morgan fingerprint density at radius 3 is 1.14 bits per heavy atom. The van der Waals surface area contributed by atoms with Crippen LogP contribution in [-0.4, -0.2) is 118 Å². The number of methoxy groups -OCH3 is 4. The summed E-state index contributed by atoms with van der Waals surface area (Å²) in [6.45, 7) is 0. The van der Waals surface area contributed by atoms with Crippen molar-refractivity contribution in [2.45, 2.75) is 34.0 Å². The Balaban J connectivity index is 1.72. The van der Waals surface area contributed by atoms with Crippen LogP contribution in [0.4, 0.5) is 0 Å². The van der Waals surface area contributed by atoms with Gasteiger partial charge >= 0.3 is 0 Å². The lowest BCUT2D eigenvalue weighted by molar-refractivity contribution is 0.0838. The Morgan fingerprint density at radius 2 is 0.881 bits per heavy atom. The van der Waals surface area contributed by atoms with Crippen molar-refractivity contribution in [3.05, 3.63) is 36.4 Å². The number of rotatable bonds is 8. The van der Waals surface area contributed by atoms with E-state index in [0.717, 1.165) is 8.61 Å². The van der Waals surface area contributed by atoms with E-state index >= 15 is 0 Å². The number of ether oxygens (including phenoxy) is 4. The third-order valence-corrected chi connectivity index (χ3v) is 15.1. The number of hydrogen-bond donors (Lipinski definition) is 0. The van der Waals surface area contributed by atoms with Crippen LogP contribution in [0.5, 0.6) is 23.0 Å². The Hall–Kier alpha value is -2.64. The fourth-order valence-electron chi connectivity index (χ4n) is 6.00. The molecule has 0 saturated carbocycles. The van der Waals surface area contributed by atoms with Gasteiger partial charge in [-0.25, -0.2) is 33.7 Å². The highest BCUT2D eigenvalue weighted by Crippen LogP contribution is 2.45. The predicted octanol–water partition coefficient (Wildman–Crippen LogP) is -0.253. The van der Waals surface area contributed by atoms with E-state index in [1.165, 1.54) is 64.8 Å². The lowest BCUT2D eigenvalue weighted by atomic mass is 10.0. The summed E-state index contributed by atoms with van der Waals surface area (Å²) in [6.07, 6.45) is 0. The molecule has 0 spiro atoms. The number of fused-ring (bicyclic) bond motifs is 2. The minimum absolute atomic E-state index is 0.109. The topological polar surface area (TPSA) is 180 Å². The Kier molecular flexibility index (Phi) is 7.71. The second-order valence-electron chi connectivity index (χ2n) is 10.1. The molecule has 0 N–H and O–H groups in total. The summed E-state index contributed by atoms with van der Waals surface area (Å²) in [4.78, 5) is -0.685. The van der Waals surface area contributed by atoms with Crippen LogP contribution in [0.1, 0.15) is 0 Å². The van der Waals surface area contributed by atoms with E-state index in [4.69, 9.17) is 18.9 Å². The molecule has 0 aliphatic carbocycles. The molecule has 0 radical (unpaired) electrons. The molecule has 2 aromatic rings. The van der Waals surface area contributed by atoms with Crippen LogP contribution < -0.4 is 18.9 Å². The normalized spacial score (nSPS) is 27.1. The summed E-state index contributed by atoms with van der Waals surface area (Å²) in [5.41, 5.74) is 0. The summed E-state index contributed by atoms with van der Waals surface area (Å²) in [7, 11) is -11.9. The number of piperazine rings is 1. The van der Waals surface area contributed by atoms with E-state index in [-0.39, 0.29) is 32.8 Å². The highest BCUT2D eigenvalue weighted by Gasteiger charge is 2.64. The number of nitrogens with zero attached hydrogens (tertiary/aromatic N) is 2. The maximum atomic E-state index is 14.3. The maximum absolute atomic E-state index is 14.3. The van der Waals surface area contributed by atoms with Crippen molar-refractivity contribution in [1.82, 2.24) is 8.61 Å². The van der Waals surface area contributed by atoms with Gasteiger partial charge in [0.05, 0.1) is 75.6 Å². The fraction of sp³-hybridized carbons (Fsp3) is 0.500. The zero-order valence-corrected chi connectivity index (χ0v) is 26.3. The summed E-state index contributed by atoms with van der Waals surface area (Å²) >= 11 is 0. The molecule has 0 unspecified atom stereocenters. The van der Waals surface area contributed by atoms with E-state index in [0.29, 0.717) is 0 Å². The van der Waals surface area contributed by atoms with E-state index in [1.807, 2.05) is 0 Å². The van der Waals surface area contributed by atoms with Crippen LogP contribution in [0, 0.1) is 0 Å². The average Bonchev–Trinajstić information content (AvgIpc) is 3.42. The van der Waals surface area contributed by atoms with Crippen LogP contribution in [0.2, 0.25) is 0 Å². The van der Waals surface area contributed by atoms with Gasteiger partial charge in [0.25, 0.3) is 0 Å². The van der Waals surface area contributed by atoms with Gasteiger partial charge in [-0.2, -0.15) is 8.61 Å². The molecule has 0 amide bonds. The molecular formula is C24H30N2O12S4. The number of benzene rings is 2. The van der Waals surface area contributed by atoms with Crippen LogP contribution in [0.3, 0.4) is 0 Å². The van der Waals surface area contributed by atoms with Gasteiger partial charge in [0.1, 0.15) is 32.8 Å². The first-order chi connectivity index (χ1) is 19.6. The zero-order valence-electron chi connectivity index (χ0n) is 23.0. The zero-order chi connectivity index (χ0) is 30.8. The van der Waals surface area contributed by atoms with Gasteiger partial charge in [-0.1, -0.05) is 0 Å². The van der Waals surface area contributed by atoms with Crippen molar-refractivity contribution in [2.75, 3.05) is 51.5 Å². The molecule has 3 aliphatic rings. The average molecular weight is 667 g/mol. The van der Waals surface area contributed by atoms with Gasteiger partial charge < -0.3 is 18.9 Å². The number of sulfone groups is 2. The second kappa shape index (κ2) is 10.5.